The molecule has 2 aromatic rings. The van der Waals surface area contributed by atoms with E-state index in [1.807, 2.05) is 26.0 Å². The number of carbonyl (C=O) groups excluding carboxylic acids is 1. The topological polar surface area (TPSA) is 65.4 Å². The predicted octanol–water partition coefficient (Wildman–Crippen LogP) is 5.39. The van der Waals surface area contributed by atoms with Gasteiger partial charge in [-0.3, -0.25) is 4.90 Å². The van der Waals surface area contributed by atoms with Crippen molar-refractivity contribution < 1.29 is 9.53 Å². The van der Waals surface area contributed by atoms with Gasteiger partial charge in [0.15, 0.2) is 0 Å². The third-order valence-corrected chi connectivity index (χ3v) is 5.82. The van der Waals surface area contributed by atoms with E-state index in [2.05, 4.69) is 36.0 Å². The number of esters is 1. The minimum atomic E-state index is -0.375. The summed E-state index contributed by atoms with van der Waals surface area (Å²) in [5.41, 5.74) is 0.755. The van der Waals surface area contributed by atoms with Crippen molar-refractivity contribution in [3.8, 4) is 0 Å². The molecule has 3 rings (SSSR count). The summed E-state index contributed by atoms with van der Waals surface area (Å²) >= 11 is 8.53. The summed E-state index contributed by atoms with van der Waals surface area (Å²) in [5, 5.41) is 10.2. The van der Waals surface area contributed by atoms with E-state index < -0.39 is 0 Å². The Bertz CT molecular complexity index is 806. The molecule has 0 atom stereocenters. The summed E-state index contributed by atoms with van der Waals surface area (Å²) in [6.45, 7) is 10.9. The van der Waals surface area contributed by atoms with Crippen LogP contribution in [0.4, 0.5) is 0 Å². The van der Waals surface area contributed by atoms with Gasteiger partial charge in [-0.05, 0) is 31.3 Å². The summed E-state index contributed by atoms with van der Waals surface area (Å²) in [5.74, 6) is -0.375. The second-order valence-corrected chi connectivity index (χ2v) is 8.51. The van der Waals surface area contributed by atoms with Gasteiger partial charge in [0.05, 0.1) is 9.21 Å². The lowest BCUT2D eigenvalue weighted by atomic mass is 10.4. The number of likely N-dealkylation sites (N-methyl/N-ethyl adjacent to an activating group) is 1. The van der Waals surface area contributed by atoms with Gasteiger partial charge in [0.25, 0.3) is 0 Å². The number of nitrogens with one attached hydrogen (secondary N) is 2. The Morgan fingerprint density at radius 3 is 2.38 bits per heavy atom. The normalized spacial score (nSPS) is 12.3. The van der Waals surface area contributed by atoms with Gasteiger partial charge in [-0.1, -0.05) is 44.2 Å². The van der Waals surface area contributed by atoms with Crippen molar-refractivity contribution in [1.29, 1.82) is 5.41 Å². The van der Waals surface area contributed by atoms with E-state index in [0.29, 0.717) is 15.8 Å². The number of halogens is 1. The highest BCUT2D eigenvalue weighted by atomic mass is 35.5. The van der Waals surface area contributed by atoms with Crippen LogP contribution in [0.2, 0.25) is 4.34 Å². The van der Waals surface area contributed by atoms with Crippen LogP contribution in [-0.2, 0) is 4.74 Å². The van der Waals surface area contributed by atoms with Gasteiger partial charge in [-0.25, -0.2) is 4.79 Å². The van der Waals surface area contributed by atoms with Crippen LogP contribution < -0.4 is 5.32 Å². The average Bonchev–Trinajstić information content (AvgIpc) is 3.49. The second-order valence-electron chi connectivity index (χ2n) is 5.68. The summed E-state index contributed by atoms with van der Waals surface area (Å²) in [7, 11) is 2.11. The van der Waals surface area contributed by atoms with E-state index in [1.54, 1.807) is 12.1 Å². The molecule has 0 spiro atoms. The zero-order valence-corrected chi connectivity index (χ0v) is 19.4. The molecular formula is C21H28ClN3O2S2. The minimum absolute atomic E-state index is 0.245. The van der Waals surface area contributed by atoms with Gasteiger partial charge in [-0.15, -0.1) is 22.7 Å². The van der Waals surface area contributed by atoms with Crippen molar-refractivity contribution in [3.63, 3.8) is 0 Å². The Hall–Kier alpha value is -1.93. The van der Waals surface area contributed by atoms with Gasteiger partial charge < -0.3 is 15.5 Å². The van der Waals surface area contributed by atoms with Gasteiger partial charge >= 0.3 is 5.97 Å². The van der Waals surface area contributed by atoms with Crippen molar-refractivity contribution in [1.82, 2.24) is 10.2 Å². The first-order valence-corrected chi connectivity index (χ1v) is 11.3. The molecule has 5 nitrogen and oxygen atoms in total. The predicted molar refractivity (Wildman–Crippen MR) is 127 cm³/mol. The van der Waals surface area contributed by atoms with Gasteiger partial charge in [0.2, 0.25) is 0 Å². The quantitative estimate of drug-likeness (QED) is 0.255. The molecule has 0 saturated carbocycles. The molecule has 0 unspecified atom stereocenters. The molecule has 1 aliphatic heterocycles. The maximum absolute atomic E-state index is 11.7. The highest BCUT2D eigenvalue weighted by molar-refractivity contribution is 7.17. The molecule has 0 amide bonds. The molecule has 0 aromatic carbocycles. The van der Waals surface area contributed by atoms with Crippen molar-refractivity contribution in [3.05, 3.63) is 62.0 Å². The summed E-state index contributed by atoms with van der Waals surface area (Å²) < 4.78 is 5.85. The van der Waals surface area contributed by atoms with Crippen molar-refractivity contribution in [2.45, 2.75) is 13.8 Å². The van der Waals surface area contributed by atoms with Crippen LogP contribution in [0.15, 0.2) is 43.0 Å². The van der Waals surface area contributed by atoms with E-state index in [9.17, 15) is 4.79 Å². The Balaban J connectivity index is 0.000000442. The fraction of sp³-hybridized carbons (Fsp3) is 0.333. The zero-order valence-electron chi connectivity index (χ0n) is 17.0. The fourth-order valence-corrected chi connectivity index (χ4v) is 3.82. The first-order chi connectivity index (χ1) is 14.0. The molecule has 3 heterocycles. The maximum atomic E-state index is 11.7. The number of nitrogens with zero attached hydrogens (tertiary/aromatic N) is 1. The zero-order chi connectivity index (χ0) is 21.6. The second kappa shape index (κ2) is 14.1. The first-order valence-electron chi connectivity index (χ1n) is 9.29. The van der Waals surface area contributed by atoms with Crippen molar-refractivity contribution >= 4 is 52.2 Å². The Morgan fingerprint density at radius 2 is 1.90 bits per heavy atom. The molecule has 2 N–H and O–H groups in total. The molecule has 1 aliphatic rings. The van der Waals surface area contributed by atoms with Crippen LogP contribution in [0.25, 0.3) is 5.70 Å². The maximum Gasteiger partial charge on any atom is 0.348 e. The van der Waals surface area contributed by atoms with Crippen LogP contribution >= 0.6 is 34.3 Å². The highest BCUT2D eigenvalue weighted by Crippen LogP contribution is 2.25. The average molecular weight is 454 g/mol. The monoisotopic (exact) mass is 453 g/mol. The van der Waals surface area contributed by atoms with E-state index in [4.69, 9.17) is 21.7 Å². The first kappa shape index (κ1) is 25.1. The Labute approximate surface area is 186 Å². The highest BCUT2D eigenvalue weighted by Gasteiger charge is 2.10. The van der Waals surface area contributed by atoms with Crippen molar-refractivity contribution in [2.24, 2.45) is 0 Å². The molecule has 0 bridgehead atoms. The lowest BCUT2D eigenvalue weighted by Crippen LogP contribution is -2.19. The Kier molecular flexibility index (Phi) is 12.2. The summed E-state index contributed by atoms with van der Waals surface area (Å²) in [6, 6.07) is 7.08. The van der Waals surface area contributed by atoms with Crippen LogP contribution in [0.3, 0.4) is 0 Å². The van der Waals surface area contributed by atoms with Gasteiger partial charge in [-0.2, -0.15) is 0 Å². The molecule has 0 aliphatic carbocycles. The number of hydrogen-bond acceptors (Lipinski definition) is 7. The molecule has 158 valence electrons. The number of carbonyl (C=O) groups is 1. The van der Waals surface area contributed by atoms with Gasteiger partial charge in [0, 0.05) is 36.4 Å². The van der Waals surface area contributed by atoms with Crippen molar-refractivity contribution in [2.75, 3.05) is 33.3 Å². The van der Waals surface area contributed by atoms with E-state index in [0.717, 1.165) is 28.5 Å². The molecule has 0 fully saturated rings. The van der Waals surface area contributed by atoms with E-state index in [-0.39, 0.29) is 12.6 Å². The summed E-state index contributed by atoms with van der Waals surface area (Å²) in [6.07, 6.45) is 5.57. The van der Waals surface area contributed by atoms with Crippen LogP contribution in [0, 0.1) is 5.41 Å². The standard InChI is InChI=1S/C14H13ClN2O2S2.C5H9N.C2H6/c1-9(11-4-5-13(15)21-11)17-6-7-19-14(18)12-3-2-10(8-16)20-12;1-6-4-2-3-5-6;1-2/h2-5,8,16-17H,1,6-7H2;2-3H,4-5H2,1H3;1-2H3. The third-order valence-electron chi connectivity index (χ3n) is 3.52. The number of ether oxygens (including phenoxy) is 1. The smallest absolute Gasteiger partial charge is 0.348 e. The molecule has 8 heteroatoms. The van der Waals surface area contributed by atoms with Crippen LogP contribution in [-0.4, -0.2) is 50.4 Å². The summed E-state index contributed by atoms with van der Waals surface area (Å²) in [4.78, 5) is 16.2. The lowest BCUT2D eigenvalue weighted by Gasteiger charge is -2.08. The fourth-order valence-electron chi connectivity index (χ4n) is 2.10. The lowest BCUT2D eigenvalue weighted by molar-refractivity contribution is 0.0518. The Morgan fingerprint density at radius 1 is 1.24 bits per heavy atom. The number of thiophene rings is 2. The van der Waals surface area contributed by atoms with Crippen LogP contribution in [0.5, 0.6) is 0 Å². The minimum Gasteiger partial charge on any atom is -0.460 e. The van der Waals surface area contributed by atoms with Gasteiger partial charge in [0.1, 0.15) is 11.5 Å². The molecule has 29 heavy (non-hydrogen) atoms. The van der Waals surface area contributed by atoms with E-state index in [1.165, 1.54) is 28.9 Å². The van der Waals surface area contributed by atoms with E-state index >= 15 is 0 Å². The molecule has 0 saturated heterocycles. The third kappa shape index (κ3) is 9.41. The number of hydrogen-bond donors (Lipinski definition) is 2. The SMILES string of the molecule is C=C(NCCOC(=O)c1ccc(C=N)s1)c1ccc(Cl)s1.CC.CN1CC=CC1. The molecule has 0 radical (unpaired) electrons. The number of rotatable bonds is 7. The van der Waals surface area contributed by atoms with Crippen LogP contribution in [0.1, 0.15) is 33.3 Å². The largest absolute Gasteiger partial charge is 0.460 e. The molecule has 2 aromatic heterocycles. The molecular weight excluding hydrogens is 426 g/mol.